The third kappa shape index (κ3) is 4.60. The van der Waals surface area contributed by atoms with Crippen LogP contribution in [0.3, 0.4) is 0 Å². The topological polar surface area (TPSA) is 65.1 Å². The van der Waals surface area contributed by atoms with Gasteiger partial charge in [0.1, 0.15) is 5.82 Å². The van der Waals surface area contributed by atoms with Crippen molar-refractivity contribution >= 4 is 11.9 Å². The van der Waals surface area contributed by atoms with Crippen molar-refractivity contribution in [3.05, 3.63) is 59.4 Å². The maximum Gasteiger partial charge on any atom is 0.337 e. The van der Waals surface area contributed by atoms with E-state index < -0.39 is 5.97 Å². The standard InChI is InChI=1S/C21H22FNO5/c1-26-19-11-14(21(25)27-2)7-10-18(19)28-13-20(24)23(16-8-9-16)12-15-5-3-4-6-17(15)22/h3-7,10-11,16H,8-9,12-13H2,1-2H3. The van der Waals surface area contributed by atoms with E-state index in [2.05, 4.69) is 4.74 Å². The van der Waals surface area contributed by atoms with Gasteiger partial charge in [0.05, 0.1) is 19.8 Å². The van der Waals surface area contributed by atoms with E-state index in [1.807, 2.05) is 0 Å². The molecule has 0 heterocycles. The summed E-state index contributed by atoms with van der Waals surface area (Å²) >= 11 is 0. The first-order valence-electron chi connectivity index (χ1n) is 8.95. The highest BCUT2D eigenvalue weighted by Gasteiger charge is 2.33. The molecule has 3 rings (SSSR count). The van der Waals surface area contributed by atoms with Crippen LogP contribution < -0.4 is 9.47 Å². The summed E-state index contributed by atoms with van der Waals surface area (Å²) in [4.78, 5) is 26.0. The number of carbonyl (C=O) groups is 2. The van der Waals surface area contributed by atoms with Gasteiger partial charge in [0.2, 0.25) is 0 Å². The van der Waals surface area contributed by atoms with Gasteiger partial charge in [-0.05, 0) is 37.1 Å². The molecule has 0 aromatic heterocycles. The lowest BCUT2D eigenvalue weighted by Crippen LogP contribution is -2.36. The number of halogens is 1. The van der Waals surface area contributed by atoms with E-state index in [1.54, 1.807) is 29.2 Å². The molecule has 1 aliphatic carbocycles. The summed E-state index contributed by atoms with van der Waals surface area (Å²) in [5.41, 5.74) is 0.792. The van der Waals surface area contributed by atoms with Crippen LogP contribution in [0, 0.1) is 5.82 Å². The van der Waals surface area contributed by atoms with Gasteiger partial charge in [-0.3, -0.25) is 4.79 Å². The molecule has 0 atom stereocenters. The van der Waals surface area contributed by atoms with Crippen molar-refractivity contribution in [2.45, 2.75) is 25.4 Å². The fraction of sp³-hybridized carbons (Fsp3) is 0.333. The quantitative estimate of drug-likeness (QED) is 0.651. The number of rotatable bonds is 8. The highest BCUT2D eigenvalue weighted by molar-refractivity contribution is 5.90. The number of esters is 1. The molecule has 0 radical (unpaired) electrons. The Kier molecular flexibility index (Phi) is 6.13. The summed E-state index contributed by atoms with van der Waals surface area (Å²) in [5, 5.41) is 0. The van der Waals surface area contributed by atoms with Crippen LogP contribution >= 0.6 is 0 Å². The van der Waals surface area contributed by atoms with Crippen LogP contribution in [0.5, 0.6) is 11.5 Å². The summed E-state index contributed by atoms with van der Waals surface area (Å²) in [7, 11) is 2.74. The highest BCUT2D eigenvalue weighted by Crippen LogP contribution is 2.31. The molecule has 0 bridgehead atoms. The first-order chi connectivity index (χ1) is 13.5. The second-order valence-electron chi connectivity index (χ2n) is 6.49. The lowest BCUT2D eigenvalue weighted by Gasteiger charge is -2.23. The molecule has 0 unspecified atom stereocenters. The number of hydrogen-bond donors (Lipinski definition) is 0. The van der Waals surface area contributed by atoms with Crippen molar-refractivity contribution in [3.8, 4) is 11.5 Å². The van der Waals surface area contributed by atoms with Gasteiger partial charge in [-0.25, -0.2) is 9.18 Å². The predicted octanol–water partition coefficient (Wildman–Crippen LogP) is 3.19. The molecule has 0 N–H and O–H groups in total. The molecule has 1 saturated carbocycles. The lowest BCUT2D eigenvalue weighted by atomic mass is 10.2. The number of ether oxygens (including phenoxy) is 3. The average molecular weight is 387 g/mol. The number of benzene rings is 2. The molecule has 148 valence electrons. The van der Waals surface area contributed by atoms with Gasteiger partial charge in [0.15, 0.2) is 18.1 Å². The third-order valence-corrected chi connectivity index (χ3v) is 4.54. The molecule has 0 saturated heterocycles. The summed E-state index contributed by atoms with van der Waals surface area (Å²) in [6, 6.07) is 11.1. The second kappa shape index (κ2) is 8.73. The molecule has 2 aromatic rings. The van der Waals surface area contributed by atoms with Gasteiger partial charge in [-0.1, -0.05) is 18.2 Å². The van der Waals surface area contributed by atoms with E-state index in [4.69, 9.17) is 9.47 Å². The fourth-order valence-corrected chi connectivity index (χ4v) is 2.87. The lowest BCUT2D eigenvalue weighted by molar-refractivity contribution is -0.134. The Hall–Kier alpha value is -3.09. The Bertz CT molecular complexity index is 866. The Balaban J connectivity index is 1.68. The van der Waals surface area contributed by atoms with E-state index in [0.717, 1.165) is 12.8 Å². The molecule has 7 heteroatoms. The van der Waals surface area contributed by atoms with Crippen molar-refractivity contribution in [1.82, 2.24) is 4.90 Å². The van der Waals surface area contributed by atoms with E-state index in [1.165, 1.54) is 32.4 Å². The zero-order valence-corrected chi connectivity index (χ0v) is 15.8. The van der Waals surface area contributed by atoms with Crippen molar-refractivity contribution in [2.75, 3.05) is 20.8 Å². The summed E-state index contributed by atoms with van der Waals surface area (Å²) < 4.78 is 29.5. The predicted molar refractivity (Wildman–Crippen MR) is 99.8 cm³/mol. The van der Waals surface area contributed by atoms with Crippen LogP contribution in [-0.4, -0.2) is 43.6 Å². The van der Waals surface area contributed by atoms with Gasteiger partial charge >= 0.3 is 5.97 Å². The van der Waals surface area contributed by atoms with E-state index in [-0.39, 0.29) is 30.9 Å². The molecule has 1 amide bonds. The molecule has 6 nitrogen and oxygen atoms in total. The normalized spacial score (nSPS) is 13.0. The Morgan fingerprint density at radius 1 is 1.11 bits per heavy atom. The van der Waals surface area contributed by atoms with E-state index in [9.17, 15) is 14.0 Å². The first-order valence-corrected chi connectivity index (χ1v) is 8.95. The molecule has 1 fully saturated rings. The molecular formula is C21H22FNO5. The Morgan fingerprint density at radius 3 is 2.50 bits per heavy atom. The number of nitrogens with zero attached hydrogens (tertiary/aromatic N) is 1. The van der Waals surface area contributed by atoms with Crippen LogP contribution in [-0.2, 0) is 16.1 Å². The monoisotopic (exact) mass is 387 g/mol. The van der Waals surface area contributed by atoms with Crippen LogP contribution in [0.1, 0.15) is 28.8 Å². The fourth-order valence-electron chi connectivity index (χ4n) is 2.87. The summed E-state index contributed by atoms with van der Waals surface area (Å²) in [6.45, 7) is -0.00314. The van der Waals surface area contributed by atoms with Gasteiger partial charge in [0, 0.05) is 18.2 Å². The van der Waals surface area contributed by atoms with Crippen LogP contribution in [0.15, 0.2) is 42.5 Å². The van der Waals surface area contributed by atoms with Crippen molar-refractivity contribution in [1.29, 1.82) is 0 Å². The third-order valence-electron chi connectivity index (χ3n) is 4.54. The molecule has 1 aliphatic rings. The van der Waals surface area contributed by atoms with Crippen LogP contribution in [0.25, 0.3) is 0 Å². The smallest absolute Gasteiger partial charge is 0.337 e. The minimum Gasteiger partial charge on any atom is -0.493 e. The van der Waals surface area contributed by atoms with E-state index >= 15 is 0 Å². The van der Waals surface area contributed by atoms with Crippen molar-refractivity contribution in [2.24, 2.45) is 0 Å². The Labute approximate surface area is 162 Å². The number of hydrogen-bond acceptors (Lipinski definition) is 5. The maximum absolute atomic E-state index is 14.0. The number of methoxy groups -OCH3 is 2. The Morgan fingerprint density at radius 2 is 1.86 bits per heavy atom. The average Bonchev–Trinajstić information content (AvgIpc) is 3.55. The van der Waals surface area contributed by atoms with Crippen molar-refractivity contribution in [3.63, 3.8) is 0 Å². The second-order valence-corrected chi connectivity index (χ2v) is 6.49. The van der Waals surface area contributed by atoms with Gasteiger partial charge in [0.25, 0.3) is 5.91 Å². The van der Waals surface area contributed by atoms with Crippen LogP contribution in [0.4, 0.5) is 4.39 Å². The first kappa shape index (κ1) is 19.7. The van der Waals surface area contributed by atoms with Gasteiger partial charge < -0.3 is 19.1 Å². The number of amides is 1. The summed E-state index contributed by atoms with van der Waals surface area (Å²) in [6.07, 6.45) is 1.80. The molecule has 28 heavy (non-hydrogen) atoms. The molecule has 0 spiro atoms. The largest absolute Gasteiger partial charge is 0.493 e. The molecule has 0 aliphatic heterocycles. The molecular weight excluding hydrogens is 365 g/mol. The van der Waals surface area contributed by atoms with Crippen LogP contribution in [0.2, 0.25) is 0 Å². The van der Waals surface area contributed by atoms with Gasteiger partial charge in [-0.2, -0.15) is 0 Å². The highest BCUT2D eigenvalue weighted by atomic mass is 19.1. The number of carbonyl (C=O) groups excluding carboxylic acids is 2. The minimum atomic E-state index is -0.495. The zero-order valence-electron chi connectivity index (χ0n) is 15.8. The maximum atomic E-state index is 14.0. The van der Waals surface area contributed by atoms with E-state index in [0.29, 0.717) is 22.6 Å². The van der Waals surface area contributed by atoms with Gasteiger partial charge in [-0.15, -0.1) is 0 Å². The minimum absolute atomic E-state index is 0.110. The molecule has 2 aromatic carbocycles. The zero-order chi connectivity index (χ0) is 20.1. The van der Waals surface area contributed by atoms with Crippen molar-refractivity contribution < 1.29 is 28.2 Å². The summed E-state index contributed by atoms with van der Waals surface area (Å²) in [5.74, 6) is -0.398. The SMILES string of the molecule is COC(=O)c1ccc(OCC(=O)N(Cc2ccccc2F)C2CC2)c(OC)c1.